The van der Waals surface area contributed by atoms with Gasteiger partial charge in [-0.3, -0.25) is 9.59 Å². The van der Waals surface area contributed by atoms with Gasteiger partial charge in [-0.1, -0.05) is 30.3 Å². The van der Waals surface area contributed by atoms with E-state index in [0.29, 0.717) is 22.5 Å². The smallest absolute Gasteiger partial charge is 0.258 e. The standard InChI is InChI=1S/C24H20FN3O2/c1-15(29)28(2)19-11-9-18(10-12-19)26-23(16-6-4-3-5-7-16)22-20-13-8-17(25)14-21(20)27-24(22)30/h3-14,26H,1-2H3,(H,27,30)/b23-22-. The van der Waals surface area contributed by atoms with Gasteiger partial charge in [-0.2, -0.15) is 0 Å². The number of halogens is 1. The summed E-state index contributed by atoms with van der Waals surface area (Å²) in [6.45, 7) is 1.50. The molecule has 30 heavy (non-hydrogen) atoms. The molecule has 0 saturated heterocycles. The Morgan fingerprint density at radius 1 is 1.00 bits per heavy atom. The lowest BCUT2D eigenvalue weighted by molar-refractivity contribution is -0.116. The Bertz CT molecular complexity index is 1150. The molecule has 1 heterocycles. The lowest BCUT2D eigenvalue weighted by Gasteiger charge is -2.17. The molecule has 0 aromatic heterocycles. The third-order valence-electron chi connectivity index (χ3n) is 5.03. The Hall–Kier alpha value is -3.93. The van der Waals surface area contributed by atoms with Crippen LogP contribution in [0.1, 0.15) is 18.1 Å². The van der Waals surface area contributed by atoms with Crippen molar-refractivity contribution in [1.82, 2.24) is 0 Å². The zero-order chi connectivity index (χ0) is 21.3. The van der Waals surface area contributed by atoms with E-state index >= 15 is 0 Å². The second-order valence-electron chi connectivity index (χ2n) is 7.01. The van der Waals surface area contributed by atoms with Crippen molar-refractivity contribution in [2.45, 2.75) is 6.92 Å². The minimum Gasteiger partial charge on any atom is -0.354 e. The highest BCUT2D eigenvalue weighted by molar-refractivity contribution is 6.37. The molecule has 3 aromatic carbocycles. The Labute approximate surface area is 173 Å². The van der Waals surface area contributed by atoms with Gasteiger partial charge in [0.2, 0.25) is 5.91 Å². The predicted octanol–water partition coefficient (Wildman–Crippen LogP) is 4.74. The number of fused-ring (bicyclic) bond motifs is 1. The lowest BCUT2D eigenvalue weighted by atomic mass is 10.00. The minimum atomic E-state index is -0.408. The van der Waals surface area contributed by atoms with E-state index in [-0.39, 0.29) is 11.8 Å². The van der Waals surface area contributed by atoms with Crippen LogP contribution in [0.4, 0.5) is 21.5 Å². The normalized spacial score (nSPS) is 14.0. The van der Waals surface area contributed by atoms with Gasteiger partial charge in [0.05, 0.1) is 17.0 Å². The predicted molar refractivity (Wildman–Crippen MR) is 117 cm³/mol. The van der Waals surface area contributed by atoms with Crippen molar-refractivity contribution >= 4 is 40.1 Å². The van der Waals surface area contributed by atoms with Crippen molar-refractivity contribution in [3.63, 3.8) is 0 Å². The van der Waals surface area contributed by atoms with Crippen LogP contribution >= 0.6 is 0 Å². The number of rotatable bonds is 4. The SMILES string of the molecule is CC(=O)N(C)c1ccc(N/C(=C2\C(=O)Nc3cc(F)ccc32)c2ccccc2)cc1. The summed E-state index contributed by atoms with van der Waals surface area (Å²) in [4.78, 5) is 25.9. The van der Waals surface area contributed by atoms with Gasteiger partial charge in [-0.05, 0) is 48.0 Å². The lowest BCUT2D eigenvalue weighted by Crippen LogP contribution is -2.22. The van der Waals surface area contributed by atoms with E-state index < -0.39 is 5.82 Å². The minimum absolute atomic E-state index is 0.0609. The van der Waals surface area contributed by atoms with Crippen LogP contribution in [0.5, 0.6) is 0 Å². The van der Waals surface area contributed by atoms with E-state index in [1.54, 1.807) is 18.0 Å². The van der Waals surface area contributed by atoms with Crippen LogP contribution in [-0.4, -0.2) is 18.9 Å². The van der Waals surface area contributed by atoms with Crippen LogP contribution in [0.25, 0.3) is 11.3 Å². The van der Waals surface area contributed by atoms with Gasteiger partial charge < -0.3 is 15.5 Å². The number of nitrogens with one attached hydrogen (secondary N) is 2. The maximum atomic E-state index is 13.6. The summed E-state index contributed by atoms with van der Waals surface area (Å²) in [5.41, 5.74) is 4.49. The fourth-order valence-electron chi connectivity index (χ4n) is 3.37. The molecule has 2 N–H and O–H groups in total. The average molecular weight is 401 g/mol. The maximum Gasteiger partial charge on any atom is 0.258 e. The largest absolute Gasteiger partial charge is 0.354 e. The molecule has 0 unspecified atom stereocenters. The first-order chi connectivity index (χ1) is 14.4. The number of carbonyl (C=O) groups is 2. The number of anilines is 3. The van der Waals surface area contributed by atoms with Gasteiger partial charge in [0.15, 0.2) is 0 Å². The van der Waals surface area contributed by atoms with Gasteiger partial charge >= 0.3 is 0 Å². The summed E-state index contributed by atoms with van der Waals surface area (Å²) in [6.07, 6.45) is 0. The van der Waals surface area contributed by atoms with Crippen molar-refractivity contribution in [2.24, 2.45) is 0 Å². The number of amides is 2. The molecular formula is C24H20FN3O2. The van der Waals surface area contributed by atoms with Crippen molar-refractivity contribution in [1.29, 1.82) is 0 Å². The number of benzene rings is 3. The van der Waals surface area contributed by atoms with Gasteiger partial charge in [0.25, 0.3) is 5.91 Å². The van der Waals surface area contributed by atoms with Gasteiger partial charge in [0, 0.05) is 30.9 Å². The van der Waals surface area contributed by atoms with Crippen molar-refractivity contribution in [3.05, 3.63) is 89.7 Å². The first-order valence-electron chi connectivity index (χ1n) is 9.46. The van der Waals surface area contributed by atoms with Crippen molar-refractivity contribution in [3.8, 4) is 0 Å². The van der Waals surface area contributed by atoms with E-state index in [9.17, 15) is 14.0 Å². The zero-order valence-corrected chi connectivity index (χ0v) is 16.6. The quantitative estimate of drug-likeness (QED) is 0.621. The summed E-state index contributed by atoms with van der Waals surface area (Å²) in [5, 5.41) is 6.08. The first kappa shape index (κ1) is 19.4. The van der Waals surface area contributed by atoms with Crippen molar-refractivity contribution < 1.29 is 14.0 Å². The van der Waals surface area contributed by atoms with Crippen molar-refractivity contribution in [2.75, 3.05) is 22.6 Å². The summed E-state index contributed by atoms with van der Waals surface area (Å²) in [5.74, 6) is -0.765. The molecule has 0 fully saturated rings. The topological polar surface area (TPSA) is 61.4 Å². The number of hydrogen-bond acceptors (Lipinski definition) is 3. The van der Waals surface area contributed by atoms with Crippen LogP contribution in [0.2, 0.25) is 0 Å². The Morgan fingerprint density at radius 2 is 1.70 bits per heavy atom. The van der Waals surface area contributed by atoms with Crippen LogP contribution in [0.15, 0.2) is 72.8 Å². The molecule has 0 bridgehead atoms. The molecule has 0 atom stereocenters. The third kappa shape index (κ3) is 3.67. The highest BCUT2D eigenvalue weighted by atomic mass is 19.1. The molecule has 2 amide bonds. The fourth-order valence-corrected chi connectivity index (χ4v) is 3.37. The summed E-state index contributed by atoms with van der Waals surface area (Å²) in [6, 6.07) is 21.1. The van der Waals surface area contributed by atoms with E-state index in [1.807, 2.05) is 54.6 Å². The van der Waals surface area contributed by atoms with Crippen LogP contribution in [0, 0.1) is 5.82 Å². The first-order valence-corrected chi connectivity index (χ1v) is 9.46. The molecule has 1 aliphatic rings. The molecule has 3 aromatic rings. The molecule has 150 valence electrons. The molecule has 5 nitrogen and oxygen atoms in total. The summed E-state index contributed by atoms with van der Waals surface area (Å²) >= 11 is 0. The molecular weight excluding hydrogens is 381 g/mol. The number of hydrogen-bond donors (Lipinski definition) is 2. The van der Waals surface area contributed by atoms with Crippen LogP contribution in [0.3, 0.4) is 0 Å². The average Bonchev–Trinajstić information content (AvgIpc) is 3.07. The summed E-state index contributed by atoms with van der Waals surface area (Å²) < 4.78 is 13.6. The molecule has 4 rings (SSSR count). The number of carbonyl (C=O) groups excluding carboxylic acids is 2. The highest BCUT2D eigenvalue weighted by Crippen LogP contribution is 2.38. The van der Waals surface area contributed by atoms with E-state index in [4.69, 9.17) is 0 Å². The molecule has 0 aliphatic carbocycles. The van der Waals surface area contributed by atoms with Gasteiger partial charge in [-0.15, -0.1) is 0 Å². The molecule has 6 heteroatoms. The zero-order valence-electron chi connectivity index (χ0n) is 16.6. The third-order valence-corrected chi connectivity index (χ3v) is 5.03. The second kappa shape index (κ2) is 7.83. The van der Waals surface area contributed by atoms with E-state index in [1.165, 1.54) is 19.1 Å². The fraction of sp³-hybridized carbons (Fsp3) is 0.0833. The Balaban J connectivity index is 1.79. The van der Waals surface area contributed by atoms with Crippen LogP contribution < -0.4 is 15.5 Å². The molecule has 1 aliphatic heterocycles. The van der Waals surface area contributed by atoms with Crippen LogP contribution in [-0.2, 0) is 9.59 Å². The van der Waals surface area contributed by atoms with E-state index in [0.717, 1.165) is 16.9 Å². The Kier molecular flexibility index (Phi) is 5.06. The second-order valence-corrected chi connectivity index (χ2v) is 7.01. The summed E-state index contributed by atoms with van der Waals surface area (Å²) in [7, 11) is 1.71. The Morgan fingerprint density at radius 3 is 2.37 bits per heavy atom. The van der Waals surface area contributed by atoms with Gasteiger partial charge in [-0.25, -0.2) is 4.39 Å². The van der Waals surface area contributed by atoms with Gasteiger partial charge in [0.1, 0.15) is 5.82 Å². The molecule has 0 spiro atoms. The maximum absolute atomic E-state index is 13.6. The number of nitrogens with zero attached hydrogens (tertiary/aromatic N) is 1. The van der Waals surface area contributed by atoms with E-state index in [2.05, 4.69) is 10.6 Å². The molecule has 0 saturated carbocycles. The monoisotopic (exact) mass is 401 g/mol. The highest BCUT2D eigenvalue weighted by Gasteiger charge is 2.28. The molecule has 0 radical (unpaired) electrons.